The summed E-state index contributed by atoms with van der Waals surface area (Å²) in [4.78, 5) is 25.7. The van der Waals surface area contributed by atoms with Crippen molar-refractivity contribution >= 4 is 23.5 Å². The molecule has 28 heavy (non-hydrogen) atoms. The van der Waals surface area contributed by atoms with Crippen molar-refractivity contribution < 1.29 is 32.2 Å². The number of hydrogen-bond donors (Lipinski definition) is 0. The first-order chi connectivity index (χ1) is 12.9. The van der Waals surface area contributed by atoms with Gasteiger partial charge in [-0.25, -0.2) is 4.79 Å². The highest BCUT2D eigenvalue weighted by Gasteiger charge is 2.39. The van der Waals surface area contributed by atoms with E-state index in [1.165, 1.54) is 13.0 Å². The van der Waals surface area contributed by atoms with Gasteiger partial charge in [-0.05, 0) is 38.5 Å². The van der Waals surface area contributed by atoms with Gasteiger partial charge >= 0.3 is 12.3 Å². The lowest BCUT2D eigenvalue weighted by Gasteiger charge is -2.35. The maximum absolute atomic E-state index is 13.3. The summed E-state index contributed by atoms with van der Waals surface area (Å²) in [6.45, 7) is 4.60. The number of alkyl halides is 3. The van der Waals surface area contributed by atoms with Crippen LogP contribution in [0.15, 0.2) is 40.9 Å². The molecule has 0 saturated carbocycles. The van der Waals surface area contributed by atoms with Crippen LogP contribution in [0, 0.1) is 0 Å². The zero-order valence-corrected chi connectivity index (χ0v) is 16.7. The van der Waals surface area contributed by atoms with Crippen LogP contribution in [0.25, 0.3) is 0 Å². The molecule has 0 bridgehead atoms. The van der Waals surface area contributed by atoms with Crippen LogP contribution < -0.4 is 0 Å². The van der Waals surface area contributed by atoms with Gasteiger partial charge in [-0.3, -0.25) is 4.79 Å². The smallest absolute Gasteiger partial charge is 0.437 e. The quantitative estimate of drug-likeness (QED) is 0.627. The number of ketones is 1. The number of benzene rings is 1. The molecule has 0 saturated heterocycles. The number of carbonyl (C=O) groups is 2. The van der Waals surface area contributed by atoms with Crippen LogP contribution in [0.3, 0.4) is 0 Å². The van der Waals surface area contributed by atoms with Crippen molar-refractivity contribution in [3.8, 4) is 0 Å². The Balaban J connectivity index is 2.77. The van der Waals surface area contributed by atoms with Crippen LogP contribution in [0.5, 0.6) is 0 Å². The van der Waals surface area contributed by atoms with E-state index in [0.29, 0.717) is 11.4 Å². The van der Waals surface area contributed by atoms with Crippen LogP contribution >= 0.6 is 11.6 Å². The molecule has 0 amide bonds. The van der Waals surface area contributed by atoms with Crippen molar-refractivity contribution in [2.24, 2.45) is 0 Å². The van der Waals surface area contributed by atoms with Crippen LogP contribution in [0.2, 0.25) is 5.02 Å². The van der Waals surface area contributed by atoms with Crippen molar-refractivity contribution in [2.45, 2.75) is 32.9 Å². The lowest BCUT2D eigenvalue weighted by atomic mass is 9.82. The van der Waals surface area contributed by atoms with E-state index in [1.54, 1.807) is 25.8 Å². The van der Waals surface area contributed by atoms with Crippen LogP contribution in [-0.2, 0) is 20.4 Å². The summed E-state index contributed by atoms with van der Waals surface area (Å²) in [5.74, 6) is -1.37. The molecule has 0 aromatic heterocycles. The highest BCUT2D eigenvalue weighted by molar-refractivity contribution is 6.31. The molecule has 1 aromatic rings. The van der Waals surface area contributed by atoms with Gasteiger partial charge in [0, 0.05) is 18.3 Å². The van der Waals surface area contributed by atoms with Crippen molar-refractivity contribution in [2.75, 3.05) is 14.2 Å². The van der Waals surface area contributed by atoms with Gasteiger partial charge in [0.05, 0.1) is 29.3 Å². The van der Waals surface area contributed by atoms with Crippen molar-refractivity contribution in [1.29, 1.82) is 0 Å². The van der Waals surface area contributed by atoms with Gasteiger partial charge in [0.15, 0.2) is 5.78 Å². The average Bonchev–Trinajstić information content (AvgIpc) is 2.60. The minimum atomic E-state index is -4.68. The van der Waals surface area contributed by atoms with Crippen molar-refractivity contribution in [1.82, 2.24) is 4.90 Å². The third kappa shape index (κ3) is 4.01. The van der Waals surface area contributed by atoms with Gasteiger partial charge in [-0.15, -0.1) is 0 Å². The minimum absolute atomic E-state index is 0.0144. The molecule has 5 nitrogen and oxygen atoms in total. The second-order valence-corrected chi connectivity index (χ2v) is 6.70. The normalized spacial score (nSPS) is 17.8. The Hall–Kier alpha value is -2.48. The molecule has 1 aromatic carbocycles. The first-order valence-corrected chi connectivity index (χ1v) is 8.56. The molecular weight excluding hydrogens is 399 g/mol. The SMILES string of the molecule is COC(=O)OC1=C(C)N(C)C(C)=C(C(C)=O)C1c1ccc(Cl)c(C(F)(F)F)c1. The van der Waals surface area contributed by atoms with Crippen LogP contribution in [0.4, 0.5) is 18.0 Å². The molecule has 0 radical (unpaired) electrons. The van der Waals surface area contributed by atoms with E-state index in [0.717, 1.165) is 19.2 Å². The van der Waals surface area contributed by atoms with Gasteiger partial charge in [0.2, 0.25) is 0 Å². The molecule has 0 fully saturated rings. The zero-order chi connectivity index (χ0) is 21.4. The van der Waals surface area contributed by atoms with E-state index in [4.69, 9.17) is 16.3 Å². The Bertz CT molecular complexity index is 890. The predicted octanol–water partition coefficient (Wildman–Crippen LogP) is 5.27. The highest BCUT2D eigenvalue weighted by atomic mass is 35.5. The standard InChI is InChI=1S/C19H19ClF3NO4/c1-9-15(11(3)25)16(17(10(2)24(9)4)28-18(26)27-5)12-6-7-14(20)13(8-12)19(21,22)23/h6-8,16H,1-5H3. The van der Waals surface area contributed by atoms with E-state index in [2.05, 4.69) is 4.74 Å². The lowest BCUT2D eigenvalue weighted by molar-refractivity contribution is -0.137. The summed E-state index contributed by atoms with van der Waals surface area (Å²) in [5, 5.41) is -0.467. The highest BCUT2D eigenvalue weighted by Crippen LogP contribution is 2.44. The van der Waals surface area contributed by atoms with Gasteiger partial charge in [0.25, 0.3) is 0 Å². The number of methoxy groups -OCH3 is 1. The average molecular weight is 418 g/mol. The zero-order valence-electron chi connectivity index (χ0n) is 15.9. The number of Topliss-reactive ketones (excluding diaryl/α,β-unsaturated/α-hetero) is 1. The van der Waals surface area contributed by atoms with Crippen LogP contribution in [-0.4, -0.2) is 31.0 Å². The second-order valence-electron chi connectivity index (χ2n) is 6.29. The third-order valence-electron chi connectivity index (χ3n) is 4.67. The molecule has 1 aliphatic heterocycles. The number of ether oxygens (including phenoxy) is 2. The second kappa shape index (κ2) is 7.87. The molecule has 0 N–H and O–H groups in total. The minimum Gasteiger partial charge on any atom is -0.437 e. The Morgan fingerprint density at radius 3 is 2.29 bits per heavy atom. The van der Waals surface area contributed by atoms with Crippen LogP contribution in [0.1, 0.15) is 37.8 Å². The molecule has 0 aliphatic carbocycles. The third-order valence-corrected chi connectivity index (χ3v) is 5.00. The molecule has 152 valence electrons. The largest absolute Gasteiger partial charge is 0.513 e. The molecule has 0 spiro atoms. The number of halogens is 4. The van der Waals surface area contributed by atoms with E-state index in [1.807, 2.05) is 0 Å². The van der Waals surface area contributed by atoms with E-state index in [-0.39, 0.29) is 22.7 Å². The van der Waals surface area contributed by atoms with Gasteiger partial charge in [-0.1, -0.05) is 17.7 Å². The lowest BCUT2D eigenvalue weighted by Crippen LogP contribution is -2.31. The molecule has 9 heteroatoms. The summed E-state index contributed by atoms with van der Waals surface area (Å²) in [6, 6.07) is 3.34. The summed E-state index contributed by atoms with van der Waals surface area (Å²) in [6.07, 6.45) is -5.73. The Morgan fingerprint density at radius 1 is 1.18 bits per heavy atom. The number of hydrogen-bond acceptors (Lipinski definition) is 5. The summed E-state index contributed by atoms with van der Waals surface area (Å²) < 4.78 is 49.8. The summed E-state index contributed by atoms with van der Waals surface area (Å²) in [7, 11) is 2.77. The maximum Gasteiger partial charge on any atom is 0.513 e. The van der Waals surface area contributed by atoms with Gasteiger partial charge in [-0.2, -0.15) is 13.2 Å². The summed E-state index contributed by atoms with van der Waals surface area (Å²) in [5.41, 5.74) is 0.286. The fourth-order valence-electron chi connectivity index (χ4n) is 3.13. The Morgan fingerprint density at radius 2 is 1.79 bits per heavy atom. The molecule has 1 atom stereocenters. The maximum atomic E-state index is 13.3. The summed E-state index contributed by atoms with van der Waals surface area (Å²) >= 11 is 5.72. The first-order valence-electron chi connectivity index (χ1n) is 8.18. The van der Waals surface area contributed by atoms with Crippen molar-refractivity contribution in [3.63, 3.8) is 0 Å². The van der Waals surface area contributed by atoms with E-state index >= 15 is 0 Å². The topological polar surface area (TPSA) is 55.8 Å². The van der Waals surface area contributed by atoms with Gasteiger partial charge < -0.3 is 14.4 Å². The number of carbonyl (C=O) groups excluding carboxylic acids is 2. The predicted molar refractivity (Wildman–Crippen MR) is 96.5 cm³/mol. The number of nitrogens with zero attached hydrogens (tertiary/aromatic N) is 1. The van der Waals surface area contributed by atoms with Gasteiger partial charge in [0.1, 0.15) is 5.76 Å². The Kier molecular flexibility index (Phi) is 6.13. The number of rotatable bonds is 3. The molecule has 1 heterocycles. The fourth-order valence-corrected chi connectivity index (χ4v) is 3.35. The molecule has 1 unspecified atom stereocenters. The Labute approximate surface area is 165 Å². The van der Waals surface area contributed by atoms with E-state index in [9.17, 15) is 22.8 Å². The number of allylic oxidation sites excluding steroid dienone is 3. The first kappa shape index (κ1) is 21.8. The molecular formula is C19H19ClF3NO4. The molecule has 1 aliphatic rings. The monoisotopic (exact) mass is 417 g/mol. The fraction of sp³-hybridized carbons (Fsp3) is 0.368. The van der Waals surface area contributed by atoms with Crippen molar-refractivity contribution in [3.05, 3.63) is 57.1 Å². The van der Waals surface area contributed by atoms with E-state index < -0.39 is 28.8 Å². The molecule has 2 rings (SSSR count).